The molecule has 1 amide bonds. The van der Waals surface area contributed by atoms with Crippen LogP contribution in [0.5, 0.6) is 11.5 Å². The van der Waals surface area contributed by atoms with E-state index < -0.39 is 11.6 Å². The summed E-state index contributed by atoms with van der Waals surface area (Å²) in [6.07, 6.45) is 7.15. The van der Waals surface area contributed by atoms with Crippen LogP contribution in [0.3, 0.4) is 0 Å². The summed E-state index contributed by atoms with van der Waals surface area (Å²) in [5, 5.41) is 11.2. The van der Waals surface area contributed by atoms with Gasteiger partial charge in [0.15, 0.2) is 0 Å². The van der Waals surface area contributed by atoms with Gasteiger partial charge in [-0.1, -0.05) is 31.4 Å². The molecule has 1 saturated carbocycles. The van der Waals surface area contributed by atoms with Gasteiger partial charge in [-0.05, 0) is 95.0 Å². The van der Waals surface area contributed by atoms with Crippen molar-refractivity contribution in [3.05, 3.63) is 77.1 Å². The number of nitrogens with zero attached hydrogens (tertiary/aromatic N) is 4. The van der Waals surface area contributed by atoms with Crippen molar-refractivity contribution in [1.82, 2.24) is 19.4 Å². The third kappa shape index (κ3) is 7.75. The van der Waals surface area contributed by atoms with Crippen LogP contribution in [-0.4, -0.2) is 82.0 Å². The molecule has 6 rings (SSSR count). The molecule has 0 unspecified atom stereocenters. The van der Waals surface area contributed by atoms with Crippen molar-refractivity contribution in [3.8, 4) is 22.8 Å². The number of fused-ring (bicyclic) bond motifs is 5. The van der Waals surface area contributed by atoms with Gasteiger partial charge in [-0.2, -0.15) is 0 Å². The lowest BCUT2D eigenvalue weighted by atomic mass is 9.81. The van der Waals surface area contributed by atoms with Crippen LogP contribution in [0.2, 0.25) is 0 Å². The number of ether oxygens (including phenoxy) is 3. The zero-order valence-corrected chi connectivity index (χ0v) is 30.2. The molecule has 10 heteroatoms. The quantitative estimate of drug-likeness (QED) is 0.190. The molecular formula is C40H50N4O6. The molecule has 2 aromatic carbocycles. The summed E-state index contributed by atoms with van der Waals surface area (Å²) in [6, 6.07) is 15.3. The van der Waals surface area contributed by atoms with E-state index >= 15 is 0 Å². The number of carbonyl (C=O) groups is 2. The largest absolute Gasteiger partial charge is 0.491 e. The predicted octanol–water partition coefficient (Wildman–Crippen LogP) is 7.90. The molecule has 1 aliphatic heterocycles. The number of carbonyl (C=O) groups excluding carboxylic acids is 1. The van der Waals surface area contributed by atoms with Gasteiger partial charge in [0.05, 0.1) is 23.0 Å². The zero-order chi connectivity index (χ0) is 35.6. The highest BCUT2D eigenvalue weighted by molar-refractivity contribution is 5.99. The van der Waals surface area contributed by atoms with Crippen molar-refractivity contribution in [1.29, 1.82) is 0 Å². The number of aryl methyl sites for hydroxylation is 1. The second kappa shape index (κ2) is 14.7. The van der Waals surface area contributed by atoms with E-state index in [1.165, 1.54) is 24.8 Å². The van der Waals surface area contributed by atoms with Gasteiger partial charge in [0.1, 0.15) is 30.3 Å². The molecule has 0 saturated heterocycles. The number of likely N-dealkylation sites (N-methyl/N-ethyl adjacent to an activating group) is 2. The highest BCUT2D eigenvalue weighted by atomic mass is 16.6. The summed E-state index contributed by atoms with van der Waals surface area (Å²) in [5.41, 5.74) is 5.88. The van der Waals surface area contributed by atoms with Crippen LogP contribution < -0.4 is 9.47 Å². The number of hydrogen-bond donors (Lipinski definition) is 1. The van der Waals surface area contributed by atoms with Gasteiger partial charge in [0.2, 0.25) is 0 Å². The minimum atomic E-state index is -0.944. The third-order valence-electron chi connectivity index (χ3n) is 9.93. The summed E-state index contributed by atoms with van der Waals surface area (Å²) in [5.74, 6) is 0.848. The zero-order valence-electron chi connectivity index (χ0n) is 30.2. The Morgan fingerprint density at radius 3 is 2.52 bits per heavy atom. The molecule has 266 valence electrons. The minimum Gasteiger partial charge on any atom is -0.491 e. The van der Waals surface area contributed by atoms with Crippen LogP contribution in [0.1, 0.15) is 86.0 Å². The van der Waals surface area contributed by atoms with Crippen LogP contribution in [-0.2, 0) is 17.9 Å². The number of carboxylic acids is 1. The molecule has 1 atom stereocenters. The van der Waals surface area contributed by atoms with Crippen LogP contribution in [0.4, 0.5) is 4.79 Å². The number of aromatic carboxylic acids is 1. The molecule has 1 fully saturated rings. The Labute approximate surface area is 294 Å². The monoisotopic (exact) mass is 682 g/mol. The third-order valence-corrected chi connectivity index (χ3v) is 9.93. The second-order valence-corrected chi connectivity index (χ2v) is 14.8. The number of rotatable bonds is 9. The first kappa shape index (κ1) is 35.3. The van der Waals surface area contributed by atoms with Gasteiger partial charge in [0.25, 0.3) is 0 Å². The van der Waals surface area contributed by atoms with Crippen LogP contribution in [0.25, 0.3) is 22.2 Å². The number of hydrogen-bond acceptors (Lipinski definition) is 7. The van der Waals surface area contributed by atoms with E-state index in [0.717, 1.165) is 52.0 Å². The Hall–Kier alpha value is -4.57. The lowest BCUT2D eigenvalue weighted by molar-refractivity contribution is 0.0273. The van der Waals surface area contributed by atoms with Crippen molar-refractivity contribution in [2.75, 3.05) is 33.8 Å². The molecule has 3 heterocycles. The molecule has 1 aliphatic carbocycles. The van der Waals surface area contributed by atoms with E-state index in [2.05, 4.69) is 27.4 Å². The average molecular weight is 683 g/mol. The van der Waals surface area contributed by atoms with E-state index in [1.54, 1.807) is 24.2 Å². The summed E-state index contributed by atoms with van der Waals surface area (Å²) in [4.78, 5) is 33.2. The van der Waals surface area contributed by atoms with E-state index in [-0.39, 0.29) is 17.7 Å². The average Bonchev–Trinajstić information content (AvgIpc) is 3.38. The van der Waals surface area contributed by atoms with Gasteiger partial charge in [-0.15, -0.1) is 0 Å². The SMILES string of the molecule is Cc1cc(OCc2ccccn2)cc2c1-c1c(C3CCCCC3)c3ccc(C(=O)O)cc3n1C[C@@H](N(C)CCN(C)C(=O)OC(C)(C)C)CO2. The topological polar surface area (TPSA) is 106 Å². The van der Waals surface area contributed by atoms with Crippen LogP contribution >= 0.6 is 0 Å². The van der Waals surface area contributed by atoms with Crippen molar-refractivity contribution in [2.24, 2.45) is 0 Å². The lowest BCUT2D eigenvalue weighted by Crippen LogP contribution is -2.45. The van der Waals surface area contributed by atoms with Gasteiger partial charge in [-0.3, -0.25) is 9.88 Å². The molecular weight excluding hydrogens is 632 g/mol. The highest BCUT2D eigenvalue weighted by Crippen LogP contribution is 2.49. The molecule has 1 N–H and O–H groups in total. The molecule has 2 aliphatic rings. The van der Waals surface area contributed by atoms with E-state index in [9.17, 15) is 14.7 Å². The number of aromatic nitrogens is 2. The molecule has 0 spiro atoms. The molecule has 10 nitrogen and oxygen atoms in total. The Morgan fingerprint density at radius 1 is 1.04 bits per heavy atom. The Kier molecular flexibility index (Phi) is 10.4. The second-order valence-electron chi connectivity index (χ2n) is 14.8. The van der Waals surface area contributed by atoms with Gasteiger partial charge in [-0.25, -0.2) is 9.59 Å². The van der Waals surface area contributed by atoms with Crippen molar-refractivity contribution in [3.63, 3.8) is 0 Å². The number of amides is 1. The van der Waals surface area contributed by atoms with Gasteiger partial charge in [0, 0.05) is 55.4 Å². The van der Waals surface area contributed by atoms with Gasteiger partial charge >= 0.3 is 12.1 Å². The smallest absolute Gasteiger partial charge is 0.410 e. The number of carboxylic acid groups (broad SMARTS) is 1. The molecule has 0 bridgehead atoms. The predicted molar refractivity (Wildman–Crippen MR) is 194 cm³/mol. The fraction of sp³-hybridized carbons (Fsp3) is 0.475. The summed E-state index contributed by atoms with van der Waals surface area (Å²) in [6.45, 7) is 10.1. The Bertz CT molecular complexity index is 1840. The highest BCUT2D eigenvalue weighted by Gasteiger charge is 2.33. The van der Waals surface area contributed by atoms with Crippen molar-refractivity contribution in [2.45, 2.75) is 90.5 Å². The first-order chi connectivity index (χ1) is 23.9. The standard InChI is InChI=1S/C40H50N4O6/c1-26-20-31(48-24-29-14-10-11-17-41-29)22-34-35(26)37-36(27-12-8-7-9-13-27)32-16-15-28(38(45)46)21-33(32)44(37)23-30(25-49-34)42(5)18-19-43(6)39(47)50-40(2,3)4/h10-11,14-17,20-22,27,30H,7-9,12-13,18-19,23-25H2,1-6H3,(H,45,46)/t30-/m1/s1. The van der Waals surface area contributed by atoms with Crippen molar-refractivity contribution >= 4 is 23.0 Å². The Morgan fingerprint density at radius 2 is 1.82 bits per heavy atom. The van der Waals surface area contributed by atoms with Crippen LogP contribution in [0.15, 0.2) is 54.7 Å². The molecule has 0 radical (unpaired) electrons. The van der Waals surface area contributed by atoms with E-state index in [1.807, 2.05) is 64.2 Å². The Balaban J connectivity index is 1.43. The first-order valence-corrected chi connectivity index (χ1v) is 17.7. The normalized spacial score (nSPS) is 16.6. The number of benzene rings is 2. The summed E-state index contributed by atoms with van der Waals surface area (Å²) in [7, 11) is 3.80. The minimum absolute atomic E-state index is 0.0874. The lowest BCUT2D eigenvalue weighted by Gasteiger charge is -2.34. The maximum atomic E-state index is 12.7. The summed E-state index contributed by atoms with van der Waals surface area (Å²) >= 11 is 0. The maximum Gasteiger partial charge on any atom is 0.410 e. The maximum absolute atomic E-state index is 12.7. The molecule has 50 heavy (non-hydrogen) atoms. The molecule has 4 aromatic rings. The van der Waals surface area contributed by atoms with E-state index in [4.69, 9.17) is 14.2 Å². The van der Waals surface area contributed by atoms with Crippen LogP contribution in [0, 0.1) is 6.92 Å². The summed E-state index contributed by atoms with van der Waals surface area (Å²) < 4.78 is 21.0. The fourth-order valence-electron chi connectivity index (χ4n) is 7.27. The van der Waals surface area contributed by atoms with E-state index in [0.29, 0.717) is 44.5 Å². The first-order valence-electron chi connectivity index (χ1n) is 17.7. The molecule has 2 aromatic heterocycles. The number of pyridine rings is 1. The fourth-order valence-corrected chi connectivity index (χ4v) is 7.27. The van der Waals surface area contributed by atoms with Crippen molar-refractivity contribution < 1.29 is 28.9 Å². The van der Waals surface area contributed by atoms with Gasteiger partial charge < -0.3 is 28.8 Å².